The molecule has 7 nitrogen and oxygen atoms in total. The number of carbonyl (C=O) groups excluding carboxylic acids is 1. The number of nitrogens with one attached hydrogen (secondary N) is 5. The fraction of sp³-hybridized carbons (Fsp3) is 0.611. The minimum absolute atomic E-state index is 0. The minimum atomic E-state index is -0.0435. The quantitative estimate of drug-likeness (QED) is 0.387. The summed E-state index contributed by atoms with van der Waals surface area (Å²) >= 11 is 0. The molecule has 5 N–H and O–H groups in total. The molecule has 0 aliphatic carbocycles. The number of nitrogens with zero attached hydrogens (tertiary/aromatic N) is 1. The molecule has 3 fully saturated rings. The van der Waals surface area contributed by atoms with E-state index in [2.05, 4.69) is 63.2 Å². The number of piperidine rings is 1. The molecule has 3 aliphatic heterocycles. The van der Waals surface area contributed by atoms with Gasteiger partial charge in [0.2, 0.25) is 5.91 Å². The highest BCUT2D eigenvalue weighted by Gasteiger charge is 2.42. The average Bonchev–Trinajstić information content (AvgIpc) is 3.05. The number of amides is 1. The molecule has 3 aliphatic rings. The van der Waals surface area contributed by atoms with Crippen molar-refractivity contribution in [2.24, 2.45) is 11.8 Å². The smallest absolute Gasteiger partial charge is 0.224 e. The van der Waals surface area contributed by atoms with Crippen molar-refractivity contribution in [2.75, 3.05) is 20.1 Å². The van der Waals surface area contributed by atoms with Gasteiger partial charge in [-0.3, -0.25) is 4.79 Å². The van der Waals surface area contributed by atoms with Gasteiger partial charge in [0.25, 0.3) is 0 Å². The molecule has 0 spiro atoms. The molecule has 3 saturated heterocycles. The summed E-state index contributed by atoms with van der Waals surface area (Å²) in [4.78, 5) is 14.9. The molecule has 1 aromatic carbocycles. The van der Waals surface area contributed by atoms with Crippen LogP contribution in [0, 0.1) is 11.8 Å². The number of hydrogen-bond donors (Lipinski definition) is 5. The number of hydrogen-bond acceptors (Lipinski definition) is 6. The Bertz CT molecular complexity index is 595. The predicted octanol–water partition coefficient (Wildman–Crippen LogP) is -2.94. The number of carbonyl (C=O) groups is 1. The van der Waals surface area contributed by atoms with Gasteiger partial charge in [-0.1, -0.05) is 30.3 Å². The fourth-order valence-electron chi connectivity index (χ4n) is 4.11. The van der Waals surface area contributed by atoms with Gasteiger partial charge in [-0.15, -0.1) is 0 Å². The molecule has 26 heavy (non-hydrogen) atoms. The van der Waals surface area contributed by atoms with Crippen LogP contribution in [0.1, 0.15) is 30.9 Å². The number of rotatable bonds is 3. The Labute approximate surface area is 161 Å². The minimum Gasteiger partial charge on any atom is -1.00 e. The maximum atomic E-state index is 12.7. The number of halogens is 1. The Morgan fingerprint density at radius 2 is 1.77 bits per heavy atom. The van der Waals surface area contributed by atoms with E-state index < -0.39 is 0 Å². The van der Waals surface area contributed by atoms with E-state index in [1.165, 1.54) is 5.56 Å². The zero-order chi connectivity index (χ0) is 17.2. The highest BCUT2D eigenvalue weighted by atomic mass is 35.5. The first-order chi connectivity index (χ1) is 12.2. The topological polar surface area (TPSA) is 80.5 Å². The van der Waals surface area contributed by atoms with Crippen molar-refractivity contribution in [1.82, 2.24) is 31.9 Å². The third-order valence-electron chi connectivity index (χ3n) is 5.76. The van der Waals surface area contributed by atoms with Gasteiger partial charge < -0.3 is 22.6 Å². The SMILES string of the molecule is CN1CCC(C(=O)NC2NNC3NNC(c4ccccc4)CC32)CC1.[Cl-]. The van der Waals surface area contributed by atoms with Crippen LogP contribution in [-0.2, 0) is 4.79 Å². The van der Waals surface area contributed by atoms with E-state index >= 15 is 0 Å². The van der Waals surface area contributed by atoms with Crippen molar-refractivity contribution in [1.29, 1.82) is 0 Å². The third-order valence-corrected chi connectivity index (χ3v) is 5.76. The van der Waals surface area contributed by atoms with E-state index in [9.17, 15) is 4.79 Å². The summed E-state index contributed by atoms with van der Waals surface area (Å²) in [5.41, 5.74) is 14.5. The van der Waals surface area contributed by atoms with Gasteiger partial charge in [-0.05, 0) is 45.0 Å². The number of likely N-dealkylation sites (tertiary alicyclic amines) is 1. The highest BCUT2D eigenvalue weighted by Crippen LogP contribution is 2.29. The maximum absolute atomic E-state index is 12.7. The summed E-state index contributed by atoms with van der Waals surface area (Å²) in [6.45, 7) is 2.00. The number of fused-ring (bicyclic) bond motifs is 1. The first-order valence-corrected chi connectivity index (χ1v) is 9.26. The Morgan fingerprint density at radius 3 is 2.50 bits per heavy atom. The first kappa shape index (κ1) is 19.5. The second-order valence-corrected chi connectivity index (χ2v) is 7.48. The zero-order valence-corrected chi connectivity index (χ0v) is 15.8. The van der Waals surface area contributed by atoms with Gasteiger partial charge in [-0.2, -0.15) is 0 Å². The second kappa shape index (κ2) is 8.65. The second-order valence-electron chi connectivity index (χ2n) is 7.48. The van der Waals surface area contributed by atoms with Gasteiger partial charge in [-0.25, -0.2) is 21.7 Å². The van der Waals surface area contributed by atoms with E-state index in [0.29, 0.717) is 5.92 Å². The van der Waals surface area contributed by atoms with Crippen LogP contribution in [-0.4, -0.2) is 43.3 Å². The van der Waals surface area contributed by atoms with Gasteiger partial charge in [0.15, 0.2) is 0 Å². The molecule has 1 amide bonds. The van der Waals surface area contributed by atoms with Gasteiger partial charge >= 0.3 is 0 Å². The van der Waals surface area contributed by atoms with E-state index in [1.54, 1.807) is 0 Å². The fourth-order valence-corrected chi connectivity index (χ4v) is 4.11. The molecular formula is C18H28ClN6O-. The third kappa shape index (κ3) is 4.19. The normalized spacial score (nSPS) is 32.5. The lowest BCUT2D eigenvalue weighted by Gasteiger charge is -2.36. The standard InChI is InChI=1S/C18H28N6O.ClH/c1-24-9-7-13(8-10-24)18(25)19-16-14-11-15(12-5-3-2-4-6-12)20-22-17(14)23-21-16;/h2-6,13-17,20-23H,7-11H2,1H3,(H,19,25);1H/p-1. The van der Waals surface area contributed by atoms with Crippen molar-refractivity contribution in [3.05, 3.63) is 35.9 Å². The van der Waals surface area contributed by atoms with E-state index in [-0.39, 0.29) is 42.6 Å². The highest BCUT2D eigenvalue weighted by molar-refractivity contribution is 5.79. The number of hydrazine groups is 2. The molecule has 8 heteroatoms. The lowest BCUT2D eigenvalue weighted by atomic mass is 9.89. The largest absolute Gasteiger partial charge is 1.00 e. The predicted molar refractivity (Wildman–Crippen MR) is 95.8 cm³/mol. The van der Waals surface area contributed by atoms with Gasteiger partial charge in [0.1, 0.15) is 0 Å². The van der Waals surface area contributed by atoms with Crippen molar-refractivity contribution >= 4 is 5.91 Å². The summed E-state index contributed by atoms with van der Waals surface area (Å²) in [6.07, 6.45) is 2.92. The van der Waals surface area contributed by atoms with E-state index in [1.807, 2.05) is 6.07 Å². The zero-order valence-electron chi connectivity index (χ0n) is 15.0. The molecule has 0 saturated carbocycles. The molecule has 4 unspecified atom stereocenters. The monoisotopic (exact) mass is 379 g/mol. The van der Waals surface area contributed by atoms with Crippen LogP contribution in [0.25, 0.3) is 0 Å². The summed E-state index contributed by atoms with van der Waals surface area (Å²) in [5.74, 6) is 0.612. The van der Waals surface area contributed by atoms with Crippen LogP contribution in [0.3, 0.4) is 0 Å². The Hall–Kier alpha value is -1.22. The van der Waals surface area contributed by atoms with Gasteiger partial charge in [0, 0.05) is 17.9 Å². The molecular weight excluding hydrogens is 352 g/mol. The van der Waals surface area contributed by atoms with Crippen LogP contribution in [0.5, 0.6) is 0 Å². The van der Waals surface area contributed by atoms with Gasteiger partial charge in [0.05, 0.1) is 12.3 Å². The van der Waals surface area contributed by atoms with Crippen LogP contribution in [0.2, 0.25) is 0 Å². The molecule has 3 heterocycles. The molecule has 4 rings (SSSR count). The molecule has 0 radical (unpaired) electrons. The maximum Gasteiger partial charge on any atom is 0.224 e. The molecule has 0 bridgehead atoms. The summed E-state index contributed by atoms with van der Waals surface area (Å²) in [6, 6.07) is 10.7. The van der Waals surface area contributed by atoms with Crippen LogP contribution >= 0.6 is 0 Å². The van der Waals surface area contributed by atoms with Crippen LogP contribution in [0.4, 0.5) is 0 Å². The lowest BCUT2D eigenvalue weighted by molar-refractivity contribution is -0.127. The molecule has 4 atom stereocenters. The summed E-state index contributed by atoms with van der Waals surface area (Å²) in [7, 11) is 2.12. The Morgan fingerprint density at radius 1 is 1.08 bits per heavy atom. The van der Waals surface area contributed by atoms with E-state index in [0.717, 1.165) is 32.4 Å². The Balaban J connectivity index is 0.00000196. The number of benzene rings is 1. The average molecular weight is 380 g/mol. The Kier molecular flexibility index (Phi) is 6.50. The molecule has 1 aromatic rings. The summed E-state index contributed by atoms with van der Waals surface area (Å²) < 4.78 is 0. The van der Waals surface area contributed by atoms with Crippen LogP contribution in [0.15, 0.2) is 30.3 Å². The first-order valence-electron chi connectivity index (χ1n) is 9.26. The lowest BCUT2D eigenvalue weighted by Crippen LogP contribution is -3.00. The molecule has 144 valence electrons. The van der Waals surface area contributed by atoms with Crippen molar-refractivity contribution in [2.45, 2.75) is 37.6 Å². The summed E-state index contributed by atoms with van der Waals surface area (Å²) in [5, 5.41) is 3.24. The van der Waals surface area contributed by atoms with Crippen molar-refractivity contribution in [3.63, 3.8) is 0 Å². The van der Waals surface area contributed by atoms with Crippen molar-refractivity contribution in [3.8, 4) is 0 Å². The van der Waals surface area contributed by atoms with E-state index in [4.69, 9.17) is 0 Å². The van der Waals surface area contributed by atoms with Crippen molar-refractivity contribution < 1.29 is 17.2 Å². The van der Waals surface area contributed by atoms with Crippen LogP contribution < -0.4 is 39.4 Å². The molecule has 0 aromatic heterocycles.